The maximum Gasteiger partial charge on any atom is 0.303 e. The minimum atomic E-state index is -0.738. The highest BCUT2D eigenvalue weighted by Gasteiger charge is 2.08. The molecule has 2 aromatic carbocycles. The Bertz CT molecular complexity index is 564. The molecular formula is C18H21NO2. The first-order valence-corrected chi connectivity index (χ1v) is 7.22. The van der Waals surface area contributed by atoms with Gasteiger partial charge in [0, 0.05) is 25.2 Å². The molecule has 2 aromatic rings. The van der Waals surface area contributed by atoms with E-state index in [0.29, 0.717) is 6.42 Å². The highest BCUT2D eigenvalue weighted by Crippen LogP contribution is 2.18. The number of anilines is 1. The molecule has 0 spiro atoms. The van der Waals surface area contributed by atoms with Crippen LogP contribution in [0.2, 0.25) is 0 Å². The summed E-state index contributed by atoms with van der Waals surface area (Å²) >= 11 is 0. The lowest BCUT2D eigenvalue weighted by atomic mass is 10.1. The fourth-order valence-corrected chi connectivity index (χ4v) is 2.27. The molecule has 0 saturated heterocycles. The Kier molecular flexibility index (Phi) is 5.38. The van der Waals surface area contributed by atoms with Gasteiger partial charge in [-0.3, -0.25) is 4.79 Å². The van der Waals surface area contributed by atoms with Gasteiger partial charge in [-0.05, 0) is 31.0 Å². The van der Waals surface area contributed by atoms with Crippen molar-refractivity contribution in [1.82, 2.24) is 0 Å². The number of aryl methyl sites for hydroxylation is 1. The van der Waals surface area contributed by atoms with E-state index in [1.54, 1.807) is 0 Å². The molecule has 0 amide bonds. The van der Waals surface area contributed by atoms with Gasteiger partial charge in [-0.25, -0.2) is 0 Å². The largest absolute Gasteiger partial charge is 0.481 e. The van der Waals surface area contributed by atoms with Gasteiger partial charge in [0.15, 0.2) is 0 Å². The molecule has 0 saturated carbocycles. The number of nitrogens with zero attached hydrogens (tertiary/aromatic N) is 1. The predicted molar refractivity (Wildman–Crippen MR) is 85.5 cm³/mol. The molecule has 3 nitrogen and oxygen atoms in total. The Balaban J connectivity index is 2.07. The Labute approximate surface area is 125 Å². The minimum Gasteiger partial charge on any atom is -0.481 e. The maximum atomic E-state index is 10.7. The molecule has 0 aliphatic rings. The molecule has 0 bridgehead atoms. The van der Waals surface area contributed by atoms with Crippen LogP contribution in [-0.2, 0) is 11.3 Å². The standard InChI is InChI=1S/C18H21NO2/c1-15-9-11-16(12-10-15)14-19(13-5-8-18(20)21)17-6-3-2-4-7-17/h2-4,6-7,9-12H,5,8,13-14H2,1H3,(H,20,21). The second-order valence-corrected chi connectivity index (χ2v) is 5.24. The number of aliphatic carboxylic acids is 1. The summed E-state index contributed by atoms with van der Waals surface area (Å²) < 4.78 is 0. The Morgan fingerprint density at radius 3 is 2.33 bits per heavy atom. The van der Waals surface area contributed by atoms with Gasteiger partial charge in [-0.2, -0.15) is 0 Å². The van der Waals surface area contributed by atoms with Crippen LogP contribution in [0.3, 0.4) is 0 Å². The van der Waals surface area contributed by atoms with Crippen LogP contribution in [0.5, 0.6) is 0 Å². The molecule has 21 heavy (non-hydrogen) atoms. The fourth-order valence-electron chi connectivity index (χ4n) is 2.27. The van der Waals surface area contributed by atoms with E-state index in [1.807, 2.05) is 18.2 Å². The molecule has 0 atom stereocenters. The lowest BCUT2D eigenvalue weighted by Gasteiger charge is -2.25. The number of benzene rings is 2. The van der Waals surface area contributed by atoms with Gasteiger partial charge < -0.3 is 10.0 Å². The Morgan fingerprint density at radius 2 is 1.71 bits per heavy atom. The van der Waals surface area contributed by atoms with E-state index >= 15 is 0 Å². The number of rotatable bonds is 7. The normalized spacial score (nSPS) is 10.3. The van der Waals surface area contributed by atoms with Gasteiger partial charge in [0.05, 0.1) is 0 Å². The fraction of sp³-hybridized carbons (Fsp3) is 0.278. The van der Waals surface area contributed by atoms with Crippen LogP contribution in [0.4, 0.5) is 5.69 Å². The van der Waals surface area contributed by atoms with Gasteiger partial charge in [-0.15, -0.1) is 0 Å². The summed E-state index contributed by atoms with van der Waals surface area (Å²) in [4.78, 5) is 12.9. The van der Waals surface area contributed by atoms with Crippen LogP contribution < -0.4 is 4.90 Å². The molecule has 0 aliphatic heterocycles. The third kappa shape index (κ3) is 4.95. The number of carbonyl (C=O) groups is 1. The van der Waals surface area contributed by atoms with E-state index in [1.165, 1.54) is 11.1 Å². The molecule has 0 fully saturated rings. The molecule has 2 rings (SSSR count). The molecule has 0 aromatic heterocycles. The number of hydrogen-bond acceptors (Lipinski definition) is 2. The minimum absolute atomic E-state index is 0.206. The van der Waals surface area contributed by atoms with Crippen molar-refractivity contribution in [2.45, 2.75) is 26.3 Å². The van der Waals surface area contributed by atoms with E-state index in [4.69, 9.17) is 5.11 Å². The van der Waals surface area contributed by atoms with E-state index in [-0.39, 0.29) is 6.42 Å². The topological polar surface area (TPSA) is 40.5 Å². The van der Waals surface area contributed by atoms with Crippen LogP contribution in [0, 0.1) is 6.92 Å². The van der Waals surface area contributed by atoms with E-state index in [9.17, 15) is 4.79 Å². The van der Waals surface area contributed by atoms with Crippen molar-refractivity contribution in [2.75, 3.05) is 11.4 Å². The first-order chi connectivity index (χ1) is 10.1. The van der Waals surface area contributed by atoms with Crippen molar-refractivity contribution >= 4 is 11.7 Å². The summed E-state index contributed by atoms with van der Waals surface area (Å²) in [5.41, 5.74) is 3.61. The Morgan fingerprint density at radius 1 is 1.05 bits per heavy atom. The smallest absolute Gasteiger partial charge is 0.303 e. The third-order valence-corrected chi connectivity index (χ3v) is 3.43. The molecule has 1 N–H and O–H groups in total. The highest BCUT2D eigenvalue weighted by atomic mass is 16.4. The molecule has 110 valence electrons. The molecule has 0 heterocycles. The number of carboxylic acid groups (broad SMARTS) is 1. The summed E-state index contributed by atoms with van der Waals surface area (Å²) in [6.45, 7) is 3.61. The first kappa shape index (κ1) is 15.1. The highest BCUT2D eigenvalue weighted by molar-refractivity contribution is 5.66. The van der Waals surface area contributed by atoms with E-state index in [0.717, 1.165) is 18.8 Å². The van der Waals surface area contributed by atoms with Crippen molar-refractivity contribution in [3.63, 3.8) is 0 Å². The number of para-hydroxylation sites is 1. The zero-order valence-electron chi connectivity index (χ0n) is 12.3. The second-order valence-electron chi connectivity index (χ2n) is 5.24. The average molecular weight is 283 g/mol. The second kappa shape index (κ2) is 7.48. The van der Waals surface area contributed by atoms with Gasteiger partial charge >= 0.3 is 5.97 Å². The van der Waals surface area contributed by atoms with E-state index < -0.39 is 5.97 Å². The maximum absolute atomic E-state index is 10.7. The van der Waals surface area contributed by atoms with Crippen molar-refractivity contribution in [3.05, 3.63) is 65.7 Å². The lowest BCUT2D eigenvalue weighted by Crippen LogP contribution is -2.24. The average Bonchev–Trinajstić information content (AvgIpc) is 2.49. The summed E-state index contributed by atoms with van der Waals surface area (Å²) in [5.74, 6) is -0.738. The van der Waals surface area contributed by atoms with Crippen molar-refractivity contribution in [1.29, 1.82) is 0 Å². The van der Waals surface area contributed by atoms with Crippen LogP contribution in [0.1, 0.15) is 24.0 Å². The van der Waals surface area contributed by atoms with Crippen LogP contribution in [-0.4, -0.2) is 17.6 Å². The molecule has 3 heteroatoms. The van der Waals surface area contributed by atoms with Crippen LogP contribution >= 0.6 is 0 Å². The predicted octanol–water partition coefficient (Wildman–Crippen LogP) is 3.87. The van der Waals surface area contributed by atoms with Gasteiger partial charge in [0.2, 0.25) is 0 Å². The van der Waals surface area contributed by atoms with Crippen LogP contribution in [0.25, 0.3) is 0 Å². The lowest BCUT2D eigenvalue weighted by molar-refractivity contribution is -0.137. The summed E-state index contributed by atoms with van der Waals surface area (Å²) in [7, 11) is 0. The van der Waals surface area contributed by atoms with Gasteiger partial charge in [0.1, 0.15) is 0 Å². The number of hydrogen-bond donors (Lipinski definition) is 1. The monoisotopic (exact) mass is 283 g/mol. The third-order valence-electron chi connectivity index (χ3n) is 3.43. The molecule has 0 aliphatic carbocycles. The summed E-state index contributed by atoms with van der Waals surface area (Å²) in [6.07, 6.45) is 0.854. The van der Waals surface area contributed by atoms with Crippen LogP contribution in [0.15, 0.2) is 54.6 Å². The summed E-state index contributed by atoms with van der Waals surface area (Å²) in [6, 6.07) is 18.6. The quantitative estimate of drug-likeness (QED) is 0.838. The van der Waals surface area contributed by atoms with Gasteiger partial charge in [0.25, 0.3) is 0 Å². The molecular weight excluding hydrogens is 262 g/mol. The SMILES string of the molecule is Cc1ccc(CN(CCCC(=O)O)c2ccccc2)cc1. The van der Waals surface area contributed by atoms with Crippen molar-refractivity contribution in [2.24, 2.45) is 0 Å². The first-order valence-electron chi connectivity index (χ1n) is 7.22. The van der Waals surface area contributed by atoms with Gasteiger partial charge in [-0.1, -0.05) is 48.0 Å². The molecule has 0 unspecified atom stereocenters. The van der Waals surface area contributed by atoms with Crippen molar-refractivity contribution < 1.29 is 9.90 Å². The molecule has 0 radical (unpaired) electrons. The van der Waals surface area contributed by atoms with Crippen molar-refractivity contribution in [3.8, 4) is 0 Å². The zero-order valence-corrected chi connectivity index (χ0v) is 12.3. The Hall–Kier alpha value is -2.29. The number of carboxylic acids is 1. The van der Waals surface area contributed by atoms with E-state index in [2.05, 4.69) is 48.2 Å². The zero-order chi connectivity index (χ0) is 15.1. The summed E-state index contributed by atoms with van der Waals surface area (Å²) in [5, 5.41) is 8.80.